The zero-order valence-electron chi connectivity index (χ0n) is 16.8. The molecule has 6 heteroatoms. The highest BCUT2D eigenvalue weighted by atomic mass is 127. The minimum atomic E-state index is 0. The number of halogens is 1. The van der Waals surface area contributed by atoms with Gasteiger partial charge in [-0.05, 0) is 51.4 Å². The van der Waals surface area contributed by atoms with Crippen LogP contribution in [0.15, 0.2) is 29.3 Å². The van der Waals surface area contributed by atoms with Crippen LogP contribution in [0.1, 0.15) is 43.9 Å². The molecule has 5 nitrogen and oxygen atoms in total. The number of aryl methyl sites for hydroxylation is 1. The van der Waals surface area contributed by atoms with Crippen LogP contribution in [0.3, 0.4) is 0 Å². The fraction of sp³-hybridized carbons (Fsp3) is 0.650. The molecule has 26 heavy (non-hydrogen) atoms. The number of hydrogen-bond acceptors (Lipinski definition) is 3. The summed E-state index contributed by atoms with van der Waals surface area (Å²) in [4.78, 5) is 6.73. The molecule has 148 valence electrons. The van der Waals surface area contributed by atoms with Crippen LogP contribution in [0.5, 0.6) is 0 Å². The van der Waals surface area contributed by atoms with E-state index >= 15 is 0 Å². The van der Waals surface area contributed by atoms with Gasteiger partial charge in [-0.15, -0.1) is 24.0 Å². The van der Waals surface area contributed by atoms with Crippen molar-refractivity contribution in [2.24, 2.45) is 4.99 Å². The van der Waals surface area contributed by atoms with Crippen molar-refractivity contribution in [2.75, 3.05) is 40.9 Å². The first-order chi connectivity index (χ1) is 12.0. The number of nitrogens with zero attached hydrogens (tertiary/aromatic N) is 2. The highest BCUT2D eigenvalue weighted by Crippen LogP contribution is 2.25. The highest BCUT2D eigenvalue weighted by molar-refractivity contribution is 14.0. The van der Waals surface area contributed by atoms with Crippen LogP contribution >= 0.6 is 24.0 Å². The van der Waals surface area contributed by atoms with Crippen LogP contribution in [0.4, 0.5) is 0 Å². The summed E-state index contributed by atoms with van der Waals surface area (Å²) in [6.45, 7) is 6.87. The van der Waals surface area contributed by atoms with Crippen LogP contribution in [0.25, 0.3) is 0 Å². The summed E-state index contributed by atoms with van der Waals surface area (Å²) < 4.78 is 5.55. The fourth-order valence-corrected chi connectivity index (χ4v) is 3.31. The van der Waals surface area contributed by atoms with E-state index in [0.29, 0.717) is 0 Å². The molecule has 0 bridgehead atoms. The van der Waals surface area contributed by atoms with Crippen molar-refractivity contribution in [1.29, 1.82) is 0 Å². The van der Waals surface area contributed by atoms with E-state index in [-0.39, 0.29) is 35.6 Å². The van der Waals surface area contributed by atoms with Crippen molar-refractivity contribution in [1.82, 2.24) is 15.5 Å². The predicted octanol–water partition coefficient (Wildman–Crippen LogP) is 3.20. The molecule has 1 atom stereocenters. The lowest BCUT2D eigenvalue weighted by molar-refractivity contribution is -0.00502. The molecule has 0 aliphatic carbocycles. The molecule has 0 amide bonds. The average Bonchev–Trinajstić information content (AvgIpc) is 2.65. The Morgan fingerprint density at radius 1 is 1.23 bits per heavy atom. The summed E-state index contributed by atoms with van der Waals surface area (Å²) in [6, 6.07) is 9.01. The van der Waals surface area contributed by atoms with Gasteiger partial charge in [0.15, 0.2) is 5.96 Å². The molecule has 1 heterocycles. The molecule has 1 aromatic carbocycles. The third-order valence-electron chi connectivity index (χ3n) is 5.42. The van der Waals surface area contributed by atoms with E-state index in [4.69, 9.17) is 4.74 Å². The molecule has 0 spiro atoms. The molecular weight excluding hydrogens is 439 g/mol. The third-order valence-corrected chi connectivity index (χ3v) is 5.42. The zero-order valence-corrected chi connectivity index (χ0v) is 19.2. The van der Waals surface area contributed by atoms with Crippen LogP contribution in [-0.4, -0.2) is 57.3 Å². The lowest BCUT2D eigenvalue weighted by atomic mass is 9.88. The smallest absolute Gasteiger partial charge is 0.191 e. The Hall–Kier alpha value is -0.860. The molecule has 1 aliphatic rings. The zero-order chi connectivity index (χ0) is 18.3. The number of aliphatic imine (C=N–C) groups is 1. The van der Waals surface area contributed by atoms with Crippen LogP contribution < -0.4 is 10.6 Å². The van der Waals surface area contributed by atoms with E-state index < -0.39 is 0 Å². The maximum Gasteiger partial charge on any atom is 0.191 e. The van der Waals surface area contributed by atoms with Gasteiger partial charge in [0.05, 0.1) is 6.04 Å². The molecular formula is C20H35IN4O. The number of rotatable bonds is 6. The second kappa shape index (κ2) is 11.1. The first-order valence-corrected chi connectivity index (χ1v) is 9.32. The second-order valence-electron chi connectivity index (χ2n) is 7.12. The quantitative estimate of drug-likeness (QED) is 0.378. The van der Waals surface area contributed by atoms with E-state index in [0.717, 1.165) is 45.0 Å². The Morgan fingerprint density at radius 3 is 2.35 bits per heavy atom. The molecule has 0 saturated carbocycles. The first-order valence-electron chi connectivity index (χ1n) is 9.32. The van der Waals surface area contributed by atoms with E-state index in [1.807, 2.05) is 7.05 Å². The van der Waals surface area contributed by atoms with Gasteiger partial charge in [-0.1, -0.05) is 31.2 Å². The SMILES string of the molecule is CCc1ccc(C(C)NC(=NC)NCC2(N(C)C)CCOCC2)cc1.I. The molecule has 2 rings (SSSR count). The van der Waals surface area contributed by atoms with E-state index in [2.05, 4.69) is 72.7 Å². The second-order valence-corrected chi connectivity index (χ2v) is 7.12. The minimum absolute atomic E-state index is 0. The Morgan fingerprint density at radius 2 is 1.85 bits per heavy atom. The third kappa shape index (κ3) is 6.09. The van der Waals surface area contributed by atoms with Gasteiger partial charge in [0.25, 0.3) is 0 Å². The Balaban J connectivity index is 0.00000338. The Bertz CT molecular complexity index is 553. The summed E-state index contributed by atoms with van der Waals surface area (Å²) in [5.41, 5.74) is 2.77. The summed E-state index contributed by atoms with van der Waals surface area (Å²) in [5, 5.41) is 7.03. The summed E-state index contributed by atoms with van der Waals surface area (Å²) in [6.07, 6.45) is 3.15. The topological polar surface area (TPSA) is 48.9 Å². The molecule has 1 fully saturated rings. The molecule has 1 unspecified atom stereocenters. The minimum Gasteiger partial charge on any atom is -0.381 e. The molecule has 0 radical (unpaired) electrons. The molecule has 1 aliphatic heterocycles. The summed E-state index contributed by atoms with van der Waals surface area (Å²) in [7, 11) is 6.14. The fourth-order valence-electron chi connectivity index (χ4n) is 3.31. The molecule has 0 aromatic heterocycles. The lowest BCUT2D eigenvalue weighted by Crippen LogP contribution is -2.57. The predicted molar refractivity (Wildman–Crippen MR) is 121 cm³/mol. The number of benzene rings is 1. The van der Waals surface area contributed by atoms with Gasteiger partial charge >= 0.3 is 0 Å². The van der Waals surface area contributed by atoms with Crippen LogP contribution in [-0.2, 0) is 11.2 Å². The lowest BCUT2D eigenvalue weighted by Gasteiger charge is -2.43. The van der Waals surface area contributed by atoms with Crippen molar-refractivity contribution < 1.29 is 4.74 Å². The van der Waals surface area contributed by atoms with E-state index in [1.165, 1.54) is 11.1 Å². The Kier molecular flexibility index (Phi) is 9.89. The Labute approximate surface area is 176 Å². The van der Waals surface area contributed by atoms with Gasteiger partial charge in [0.1, 0.15) is 0 Å². The van der Waals surface area contributed by atoms with Crippen molar-refractivity contribution in [3.63, 3.8) is 0 Å². The monoisotopic (exact) mass is 474 g/mol. The van der Waals surface area contributed by atoms with Gasteiger partial charge < -0.3 is 20.3 Å². The van der Waals surface area contributed by atoms with E-state index in [9.17, 15) is 0 Å². The number of guanidine groups is 1. The van der Waals surface area contributed by atoms with Gasteiger partial charge in [-0.3, -0.25) is 4.99 Å². The maximum absolute atomic E-state index is 5.55. The normalized spacial score (nSPS) is 18.2. The number of likely N-dealkylation sites (N-methyl/N-ethyl adjacent to an activating group) is 1. The number of ether oxygens (including phenoxy) is 1. The summed E-state index contributed by atoms with van der Waals surface area (Å²) in [5.74, 6) is 0.847. The first kappa shape index (κ1) is 23.2. The average molecular weight is 474 g/mol. The van der Waals surface area contributed by atoms with Gasteiger partial charge in [0, 0.05) is 32.3 Å². The van der Waals surface area contributed by atoms with Crippen LogP contribution in [0.2, 0.25) is 0 Å². The molecule has 2 N–H and O–H groups in total. The largest absolute Gasteiger partial charge is 0.381 e. The molecule has 1 aromatic rings. The van der Waals surface area contributed by atoms with Crippen molar-refractivity contribution in [3.8, 4) is 0 Å². The van der Waals surface area contributed by atoms with Crippen molar-refractivity contribution >= 4 is 29.9 Å². The van der Waals surface area contributed by atoms with Gasteiger partial charge in [-0.25, -0.2) is 0 Å². The van der Waals surface area contributed by atoms with Gasteiger partial charge in [0.2, 0.25) is 0 Å². The number of hydrogen-bond donors (Lipinski definition) is 2. The molecule has 1 saturated heterocycles. The van der Waals surface area contributed by atoms with E-state index in [1.54, 1.807) is 0 Å². The summed E-state index contributed by atoms with van der Waals surface area (Å²) >= 11 is 0. The van der Waals surface area contributed by atoms with Crippen LogP contribution in [0, 0.1) is 0 Å². The standard InChI is InChI=1S/C20H34N4O.HI/c1-6-17-7-9-18(10-8-17)16(2)23-19(21-3)22-15-20(24(4)5)11-13-25-14-12-20;/h7-10,16H,6,11-15H2,1-5H3,(H2,21,22,23);1H. The number of nitrogens with one attached hydrogen (secondary N) is 2. The maximum atomic E-state index is 5.55. The van der Waals surface area contributed by atoms with Gasteiger partial charge in [-0.2, -0.15) is 0 Å². The van der Waals surface area contributed by atoms with Crippen molar-refractivity contribution in [3.05, 3.63) is 35.4 Å². The highest BCUT2D eigenvalue weighted by Gasteiger charge is 2.34. The van der Waals surface area contributed by atoms with Crippen molar-refractivity contribution in [2.45, 2.75) is 44.7 Å².